The number of carbonyl (C=O) groups excluding carboxylic acids is 1. The number of hydrogen-bond acceptors (Lipinski definition) is 5. The Bertz CT molecular complexity index is 788. The van der Waals surface area contributed by atoms with Crippen LogP contribution in [0.15, 0.2) is 64.4 Å². The third kappa shape index (κ3) is 3.06. The first-order chi connectivity index (χ1) is 10.2. The first-order valence-electron chi connectivity index (χ1n) is 5.92. The van der Waals surface area contributed by atoms with E-state index in [0.717, 1.165) is 12.1 Å². The van der Waals surface area contributed by atoms with E-state index in [0.29, 0.717) is 0 Å². The van der Waals surface area contributed by atoms with Crippen LogP contribution in [-0.2, 0) is 14.6 Å². The van der Waals surface area contributed by atoms with Crippen LogP contribution in [0.5, 0.6) is 5.75 Å². The summed E-state index contributed by atoms with van der Waals surface area (Å²) in [4.78, 5) is 9.62. The molecule has 0 amide bonds. The van der Waals surface area contributed by atoms with Gasteiger partial charge in [0.15, 0.2) is 5.97 Å². The second-order valence-corrected chi connectivity index (χ2v) is 6.09. The summed E-state index contributed by atoms with van der Waals surface area (Å²) < 4.78 is 55.1. The minimum absolute atomic E-state index is 0.136. The summed E-state index contributed by atoms with van der Waals surface area (Å²) in [7, 11) is -4.14. The van der Waals surface area contributed by atoms with E-state index in [9.17, 15) is 27.1 Å². The van der Waals surface area contributed by atoms with Crippen molar-refractivity contribution in [3.05, 3.63) is 54.6 Å². The summed E-state index contributed by atoms with van der Waals surface area (Å²) in [6, 6.07) is 11.6. The van der Waals surface area contributed by atoms with Crippen LogP contribution in [0, 0.1) is 0 Å². The van der Waals surface area contributed by atoms with E-state index in [1.165, 1.54) is 36.4 Å². The van der Waals surface area contributed by atoms with Crippen LogP contribution in [0.3, 0.4) is 0 Å². The van der Waals surface area contributed by atoms with E-state index in [-0.39, 0.29) is 4.90 Å². The molecule has 0 spiro atoms. The van der Waals surface area contributed by atoms with Crippen molar-refractivity contribution in [1.82, 2.24) is 0 Å². The molecule has 0 saturated heterocycles. The molecule has 0 atom stereocenters. The Morgan fingerprint density at radius 1 is 1.00 bits per heavy atom. The van der Waals surface area contributed by atoms with Gasteiger partial charge in [0.1, 0.15) is 10.6 Å². The number of ether oxygens (including phenoxy) is 1. The molecule has 0 aliphatic heterocycles. The van der Waals surface area contributed by atoms with Gasteiger partial charge in [-0.15, -0.1) is 0 Å². The number of benzene rings is 2. The summed E-state index contributed by atoms with van der Waals surface area (Å²) in [5.41, 5.74) is 0. The Balaban J connectivity index is 2.52. The maximum atomic E-state index is 13.1. The highest BCUT2D eigenvalue weighted by Crippen LogP contribution is 2.32. The highest BCUT2D eigenvalue weighted by Gasteiger charge is 2.36. The number of halogens is 2. The van der Waals surface area contributed by atoms with Gasteiger partial charge in [-0.1, -0.05) is 30.3 Å². The van der Waals surface area contributed by atoms with Gasteiger partial charge in [-0.3, -0.25) is 0 Å². The lowest BCUT2D eigenvalue weighted by Crippen LogP contribution is -2.45. The van der Waals surface area contributed by atoms with E-state index in [4.69, 9.17) is 0 Å². The number of alkyl halides is 2. The maximum absolute atomic E-state index is 13.1. The van der Waals surface area contributed by atoms with Crippen molar-refractivity contribution >= 4 is 15.8 Å². The van der Waals surface area contributed by atoms with Crippen molar-refractivity contribution in [2.75, 3.05) is 0 Å². The fourth-order valence-electron chi connectivity index (χ4n) is 1.66. The predicted molar refractivity (Wildman–Crippen MR) is 68.9 cm³/mol. The van der Waals surface area contributed by atoms with Gasteiger partial charge in [0.05, 0.1) is 4.90 Å². The fourth-order valence-corrected chi connectivity index (χ4v) is 3.06. The number of carbonyl (C=O) groups is 1. The molecule has 8 heteroatoms. The molecule has 22 heavy (non-hydrogen) atoms. The second kappa shape index (κ2) is 5.72. The highest BCUT2D eigenvalue weighted by atomic mass is 32.2. The maximum Gasteiger partial charge on any atom is 0.441 e. The third-order valence-corrected chi connectivity index (χ3v) is 4.48. The number of rotatable bonds is 5. The molecule has 0 saturated carbocycles. The summed E-state index contributed by atoms with van der Waals surface area (Å²) in [5, 5.41) is 10.3. The van der Waals surface area contributed by atoms with E-state index in [1.54, 1.807) is 6.07 Å². The lowest BCUT2D eigenvalue weighted by Gasteiger charge is -2.20. The first kappa shape index (κ1) is 15.9. The molecule has 5 nitrogen and oxygen atoms in total. The van der Waals surface area contributed by atoms with Gasteiger partial charge in [-0.05, 0) is 24.3 Å². The third-order valence-electron chi connectivity index (χ3n) is 2.67. The van der Waals surface area contributed by atoms with Gasteiger partial charge in [0, 0.05) is 0 Å². The highest BCUT2D eigenvalue weighted by molar-refractivity contribution is 7.91. The lowest BCUT2D eigenvalue weighted by molar-refractivity contribution is -0.350. The van der Waals surface area contributed by atoms with Gasteiger partial charge in [0.2, 0.25) is 9.84 Å². The van der Waals surface area contributed by atoms with Gasteiger partial charge >= 0.3 is 6.11 Å². The minimum atomic E-state index is -4.65. The Morgan fingerprint density at radius 2 is 1.55 bits per heavy atom. The molecule has 0 aromatic heterocycles. The zero-order chi connectivity index (χ0) is 16.4. The number of aliphatic carboxylic acids is 1. The average Bonchev–Trinajstić information content (AvgIpc) is 2.48. The van der Waals surface area contributed by atoms with Crippen molar-refractivity contribution in [3.63, 3.8) is 0 Å². The van der Waals surface area contributed by atoms with Gasteiger partial charge in [-0.25, -0.2) is 8.42 Å². The monoisotopic (exact) mass is 327 g/mol. The van der Waals surface area contributed by atoms with Crippen LogP contribution >= 0.6 is 0 Å². The molecule has 2 aromatic carbocycles. The summed E-state index contributed by atoms with van der Waals surface area (Å²) >= 11 is 0. The normalized spacial score (nSPS) is 11.9. The summed E-state index contributed by atoms with van der Waals surface area (Å²) in [5.74, 6) is -3.54. The Hall–Kier alpha value is -2.48. The number of carboxylic acid groups (broad SMARTS) is 1. The number of hydrogen-bond donors (Lipinski definition) is 0. The average molecular weight is 327 g/mol. The molecule has 0 fully saturated rings. The van der Waals surface area contributed by atoms with Crippen LogP contribution in [0.25, 0.3) is 0 Å². The van der Waals surface area contributed by atoms with E-state index >= 15 is 0 Å². The smallest absolute Gasteiger partial charge is 0.441 e. The van der Waals surface area contributed by atoms with Crippen LogP contribution < -0.4 is 9.84 Å². The fraction of sp³-hybridized carbons (Fsp3) is 0.0714. The number of carboxylic acids is 1. The zero-order valence-electron chi connectivity index (χ0n) is 10.9. The molecule has 0 N–H and O–H groups in total. The number of para-hydroxylation sites is 1. The van der Waals surface area contributed by atoms with Gasteiger partial charge in [-0.2, -0.15) is 8.78 Å². The quantitative estimate of drug-likeness (QED) is 0.825. The molecule has 116 valence electrons. The molecule has 0 aliphatic rings. The van der Waals surface area contributed by atoms with Gasteiger partial charge in [0.25, 0.3) is 0 Å². The molecule has 0 aliphatic carbocycles. The van der Waals surface area contributed by atoms with E-state index in [2.05, 4.69) is 4.74 Å². The van der Waals surface area contributed by atoms with E-state index < -0.39 is 32.6 Å². The summed E-state index contributed by atoms with van der Waals surface area (Å²) in [6.07, 6.45) is -4.65. The van der Waals surface area contributed by atoms with Crippen molar-refractivity contribution < 1.29 is 31.8 Å². The molecule has 0 unspecified atom stereocenters. The SMILES string of the molecule is O=C([O-])C(F)(F)Oc1ccccc1S(=O)(=O)c1ccccc1. The van der Waals surface area contributed by atoms with Crippen LogP contribution in [-0.4, -0.2) is 20.5 Å². The number of sulfone groups is 1. The lowest BCUT2D eigenvalue weighted by atomic mass is 10.3. The van der Waals surface area contributed by atoms with Crippen molar-refractivity contribution in [2.45, 2.75) is 15.9 Å². The molecular weight excluding hydrogens is 318 g/mol. The predicted octanol–water partition coefficient (Wildman–Crippen LogP) is 1.24. The molecule has 0 heterocycles. The van der Waals surface area contributed by atoms with Gasteiger partial charge < -0.3 is 14.6 Å². The zero-order valence-corrected chi connectivity index (χ0v) is 11.7. The minimum Gasteiger partial charge on any atom is -0.541 e. The Morgan fingerprint density at radius 3 is 2.14 bits per heavy atom. The molecule has 0 bridgehead atoms. The van der Waals surface area contributed by atoms with Crippen molar-refractivity contribution in [2.24, 2.45) is 0 Å². The first-order valence-corrected chi connectivity index (χ1v) is 7.41. The van der Waals surface area contributed by atoms with Crippen LogP contribution in [0.4, 0.5) is 8.78 Å². The Kier molecular flexibility index (Phi) is 4.14. The standard InChI is InChI=1S/C14H10F2O5S/c15-14(16,13(17)18)21-11-8-4-5-9-12(11)22(19,20)10-6-2-1-3-7-10/h1-9H,(H,17,18)/p-1. The summed E-state index contributed by atoms with van der Waals surface area (Å²) in [6.45, 7) is 0. The van der Waals surface area contributed by atoms with Crippen molar-refractivity contribution in [1.29, 1.82) is 0 Å². The van der Waals surface area contributed by atoms with Crippen molar-refractivity contribution in [3.8, 4) is 5.75 Å². The second-order valence-electron chi connectivity index (χ2n) is 4.17. The van der Waals surface area contributed by atoms with E-state index in [1.807, 2.05) is 0 Å². The van der Waals surface area contributed by atoms with Crippen LogP contribution in [0.2, 0.25) is 0 Å². The molecule has 2 rings (SSSR count). The van der Waals surface area contributed by atoms with Crippen LogP contribution in [0.1, 0.15) is 0 Å². The molecular formula is C14H9F2O5S-. The largest absolute Gasteiger partial charge is 0.541 e. The molecule has 0 radical (unpaired) electrons. The Labute approximate surface area is 124 Å². The topological polar surface area (TPSA) is 83.5 Å². The molecule has 2 aromatic rings.